The summed E-state index contributed by atoms with van der Waals surface area (Å²) < 4.78 is 14.1. The van der Waals surface area contributed by atoms with Crippen molar-refractivity contribution in [2.45, 2.75) is 0 Å². The number of benzene rings is 1. The first-order valence-electron chi connectivity index (χ1n) is 5.04. The van der Waals surface area contributed by atoms with Gasteiger partial charge in [-0.3, -0.25) is 4.79 Å². The summed E-state index contributed by atoms with van der Waals surface area (Å²) in [5, 5.41) is 2.46. The third-order valence-corrected chi connectivity index (χ3v) is 2.72. The molecule has 4 nitrogen and oxygen atoms in total. The summed E-state index contributed by atoms with van der Waals surface area (Å²) in [6.07, 6.45) is 1.33. The molecule has 0 spiro atoms. The van der Waals surface area contributed by atoms with Crippen molar-refractivity contribution in [2.24, 2.45) is 0 Å². The van der Waals surface area contributed by atoms with Gasteiger partial charge in [-0.1, -0.05) is 15.9 Å². The minimum Gasteiger partial charge on any atom is -0.384 e. The van der Waals surface area contributed by atoms with Gasteiger partial charge < -0.3 is 11.1 Å². The molecule has 1 amide bonds. The van der Waals surface area contributed by atoms with Crippen molar-refractivity contribution >= 4 is 33.3 Å². The van der Waals surface area contributed by atoms with E-state index in [-0.39, 0.29) is 5.69 Å². The highest BCUT2D eigenvalue weighted by atomic mass is 79.9. The van der Waals surface area contributed by atoms with Crippen LogP contribution in [0.15, 0.2) is 41.0 Å². The van der Waals surface area contributed by atoms with E-state index in [1.165, 1.54) is 30.5 Å². The fourth-order valence-corrected chi connectivity index (χ4v) is 1.66. The highest BCUT2D eigenvalue weighted by Crippen LogP contribution is 2.19. The largest absolute Gasteiger partial charge is 0.384 e. The second-order valence-electron chi connectivity index (χ2n) is 3.55. The summed E-state index contributed by atoms with van der Waals surface area (Å²) >= 11 is 3.14. The molecule has 0 atom stereocenters. The van der Waals surface area contributed by atoms with Crippen LogP contribution in [0, 0.1) is 5.82 Å². The number of nitrogens with one attached hydrogen (secondary N) is 1. The Kier molecular flexibility index (Phi) is 3.57. The molecule has 0 aliphatic carbocycles. The minimum atomic E-state index is -0.513. The number of amides is 1. The highest BCUT2D eigenvalue weighted by Gasteiger charge is 2.09. The number of carbonyl (C=O) groups excluding carboxylic acids is 1. The number of hydrogen-bond acceptors (Lipinski definition) is 3. The van der Waals surface area contributed by atoms with Crippen LogP contribution in [0.4, 0.5) is 15.9 Å². The quantitative estimate of drug-likeness (QED) is 0.896. The molecule has 0 saturated heterocycles. The zero-order valence-corrected chi connectivity index (χ0v) is 10.7. The van der Waals surface area contributed by atoms with Gasteiger partial charge in [0, 0.05) is 10.7 Å². The molecule has 0 aliphatic rings. The van der Waals surface area contributed by atoms with Crippen molar-refractivity contribution in [1.29, 1.82) is 0 Å². The predicted molar refractivity (Wildman–Crippen MR) is 70.7 cm³/mol. The van der Waals surface area contributed by atoms with Crippen LogP contribution in [0.25, 0.3) is 0 Å². The third kappa shape index (κ3) is 2.84. The van der Waals surface area contributed by atoms with Gasteiger partial charge in [-0.25, -0.2) is 9.37 Å². The lowest BCUT2D eigenvalue weighted by Crippen LogP contribution is -2.13. The number of nitrogens with two attached hydrogens (primary N) is 1. The van der Waals surface area contributed by atoms with Crippen LogP contribution in [0.2, 0.25) is 0 Å². The molecule has 0 fully saturated rings. The summed E-state index contributed by atoms with van der Waals surface area (Å²) in [5.74, 6) is -0.633. The third-order valence-electron chi connectivity index (χ3n) is 2.23. The topological polar surface area (TPSA) is 68.0 Å². The van der Waals surface area contributed by atoms with E-state index in [4.69, 9.17) is 5.73 Å². The van der Waals surface area contributed by atoms with Gasteiger partial charge in [-0.2, -0.15) is 0 Å². The van der Waals surface area contributed by atoms with Crippen LogP contribution in [-0.2, 0) is 0 Å². The number of aromatic nitrogens is 1. The van der Waals surface area contributed by atoms with E-state index >= 15 is 0 Å². The summed E-state index contributed by atoms with van der Waals surface area (Å²) in [6, 6.07) is 7.42. The van der Waals surface area contributed by atoms with Crippen LogP contribution in [0.1, 0.15) is 10.4 Å². The van der Waals surface area contributed by atoms with Crippen LogP contribution < -0.4 is 11.1 Å². The van der Waals surface area contributed by atoms with Crippen molar-refractivity contribution in [3.8, 4) is 0 Å². The zero-order chi connectivity index (χ0) is 13.1. The normalized spacial score (nSPS) is 10.1. The molecule has 6 heteroatoms. The van der Waals surface area contributed by atoms with Gasteiger partial charge in [0.1, 0.15) is 11.6 Å². The number of hydrogen-bond donors (Lipinski definition) is 2. The lowest BCUT2D eigenvalue weighted by atomic mass is 10.2. The SMILES string of the molecule is Nc1ccc(C(=O)Nc2ccc(Br)cc2F)cn1. The van der Waals surface area contributed by atoms with Gasteiger partial charge in [0.2, 0.25) is 0 Å². The molecule has 1 aromatic carbocycles. The molecule has 0 unspecified atom stereocenters. The maximum Gasteiger partial charge on any atom is 0.257 e. The summed E-state index contributed by atoms with van der Waals surface area (Å²) in [5.41, 5.74) is 5.83. The number of rotatable bonds is 2. The number of carbonyl (C=O) groups is 1. The van der Waals surface area contributed by atoms with Crippen molar-refractivity contribution in [1.82, 2.24) is 4.98 Å². The Morgan fingerprint density at radius 1 is 1.33 bits per heavy atom. The summed E-state index contributed by atoms with van der Waals surface area (Å²) in [7, 11) is 0. The molecule has 18 heavy (non-hydrogen) atoms. The van der Waals surface area contributed by atoms with Crippen molar-refractivity contribution in [2.75, 3.05) is 11.1 Å². The molecular weight excluding hydrogens is 301 g/mol. The van der Waals surface area contributed by atoms with Gasteiger partial charge in [0.25, 0.3) is 5.91 Å². The van der Waals surface area contributed by atoms with Gasteiger partial charge >= 0.3 is 0 Å². The van der Waals surface area contributed by atoms with E-state index in [1.54, 1.807) is 6.07 Å². The van der Waals surface area contributed by atoms with E-state index in [9.17, 15) is 9.18 Å². The van der Waals surface area contributed by atoms with Crippen LogP contribution in [0.5, 0.6) is 0 Å². The van der Waals surface area contributed by atoms with E-state index in [1.807, 2.05) is 0 Å². The fourth-order valence-electron chi connectivity index (χ4n) is 1.32. The van der Waals surface area contributed by atoms with E-state index in [0.717, 1.165) is 0 Å². The number of pyridine rings is 1. The first-order valence-corrected chi connectivity index (χ1v) is 5.83. The minimum absolute atomic E-state index is 0.111. The molecule has 2 rings (SSSR count). The van der Waals surface area contributed by atoms with E-state index in [2.05, 4.69) is 26.2 Å². The molecule has 3 N–H and O–H groups in total. The molecule has 0 radical (unpaired) electrons. The molecule has 0 saturated carbocycles. The first-order chi connectivity index (χ1) is 8.56. The van der Waals surface area contributed by atoms with E-state index in [0.29, 0.717) is 15.9 Å². The smallest absolute Gasteiger partial charge is 0.257 e. The lowest BCUT2D eigenvalue weighted by molar-refractivity contribution is 0.102. The van der Waals surface area contributed by atoms with Crippen LogP contribution in [-0.4, -0.2) is 10.9 Å². The Morgan fingerprint density at radius 2 is 2.11 bits per heavy atom. The van der Waals surface area contributed by atoms with Crippen molar-refractivity contribution < 1.29 is 9.18 Å². The monoisotopic (exact) mass is 309 g/mol. The Morgan fingerprint density at radius 3 is 2.72 bits per heavy atom. The van der Waals surface area contributed by atoms with Crippen molar-refractivity contribution in [3.63, 3.8) is 0 Å². The number of anilines is 2. The number of nitrogen functional groups attached to an aromatic ring is 1. The standard InChI is InChI=1S/C12H9BrFN3O/c13-8-2-3-10(9(14)5-8)17-12(18)7-1-4-11(15)16-6-7/h1-6H,(H2,15,16)(H,17,18). The van der Waals surface area contributed by atoms with Crippen molar-refractivity contribution in [3.05, 3.63) is 52.4 Å². The number of halogens is 2. The number of nitrogens with zero attached hydrogens (tertiary/aromatic N) is 1. The van der Waals surface area contributed by atoms with Gasteiger partial charge in [-0.15, -0.1) is 0 Å². The van der Waals surface area contributed by atoms with Crippen LogP contribution in [0.3, 0.4) is 0 Å². The Labute approximate surface area is 111 Å². The molecule has 0 bridgehead atoms. The molecule has 1 aromatic heterocycles. The Balaban J connectivity index is 2.18. The Hall–Kier alpha value is -1.95. The summed E-state index contributed by atoms with van der Waals surface area (Å²) in [6.45, 7) is 0. The molecule has 0 aliphatic heterocycles. The maximum atomic E-state index is 13.5. The van der Waals surface area contributed by atoms with E-state index < -0.39 is 11.7 Å². The molecule has 1 heterocycles. The maximum absolute atomic E-state index is 13.5. The highest BCUT2D eigenvalue weighted by molar-refractivity contribution is 9.10. The average Bonchev–Trinajstić information content (AvgIpc) is 2.33. The molecule has 92 valence electrons. The Bertz CT molecular complexity index is 586. The molecular formula is C12H9BrFN3O. The average molecular weight is 310 g/mol. The lowest BCUT2D eigenvalue weighted by Gasteiger charge is -2.06. The van der Waals surface area contributed by atoms with Gasteiger partial charge in [0.05, 0.1) is 11.3 Å². The van der Waals surface area contributed by atoms with Gasteiger partial charge in [-0.05, 0) is 30.3 Å². The first kappa shape index (κ1) is 12.5. The van der Waals surface area contributed by atoms with Gasteiger partial charge in [0.15, 0.2) is 0 Å². The molecule has 2 aromatic rings. The second kappa shape index (κ2) is 5.14. The van der Waals surface area contributed by atoms with Crippen LogP contribution >= 0.6 is 15.9 Å². The summed E-state index contributed by atoms with van der Waals surface area (Å²) in [4.78, 5) is 15.6. The second-order valence-corrected chi connectivity index (χ2v) is 4.47. The zero-order valence-electron chi connectivity index (χ0n) is 9.15. The predicted octanol–water partition coefficient (Wildman–Crippen LogP) is 2.82. The fraction of sp³-hybridized carbons (Fsp3) is 0.